The van der Waals surface area contributed by atoms with Gasteiger partial charge in [0.2, 0.25) is 0 Å². The molecule has 0 aliphatic carbocycles. The van der Waals surface area contributed by atoms with Crippen LogP contribution in [0.5, 0.6) is 0 Å². The number of carbonyl (C=O) groups is 2. The lowest BCUT2D eigenvalue weighted by atomic mass is 10.1. The second-order valence-electron chi connectivity index (χ2n) is 5.87. The largest absolute Gasteiger partial charge is 0.453 e. The van der Waals surface area contributed by atoms with Crippen LogP contribution in [-0.4, -0.2) is 42.8 Å². The predicted molar refractivity (Wildman–Crippen MR) is 88.7 cm³/mol. The summed E-state index contributed by atoms with van der Waals surface area (Å²) in [6.45, 7) is 1.34. The summed E-state index contributed by atoms with van der Waals surface area (Å²) in [7, 11) is -3.09. The first-order chi connectivity index (χ1) is 11.7. The van der Waals surface area contributed by atoms with Crippen molar-refractivity contribution in [3.63, 3.8) is 0 Å². The van der Waals surface area contributed by atoms with E-state index in [1.165, 1.54) is 31.2 Å². The molecule has 136 valence electrons. The van der Waals surface area contributed by atoms with Crippen molar-refractivity contribution in [2.24, 2.45) is 5.92 Å². The van der Waals surface area contributed by atoms with E-state index in [4.69, 9.17) is 4.74 Å². The molecule has 0 aromatic heterocycles. The molecule has 1 aliphatic heterocycles. The van der Waals surface area contributed by atoms with Crippen LogP contribution in [0.25, 0.3) is 0 Å². The zero-order valence-electron chi connectivity index (χ0n) is 13.5. The Bertz CT molecular complexity index is 791. The standard InChI is InChI=1S/C15H18N2O7S/c1-10(24-14(18)8-11-6-7-25(22,23)9-11)15(19)16-12-4-2-3-5-13(12)17(20)21/h2-5,10-11H,6-9H2,1H3,(H,16,19)/t10-,11-/m1/s1. The van der Waals surface area contributed by atoms with Crippen molar-refractivity contribution in [1.82, 2.24) is 0 Å². The maximum atomic E-state index is 12.1. The Labute approximate surface area is 144 Å². The van der Waals surface area contributed by atoms with Gasteiger partial charge in [-0.1, -0.05) is 12.1 Å². The lowest BCUT2D eigenvalue weighted by Crippen LogP contribution is -2.30. The Morgan fingerprint density at radius 1 is 1.40 bits per heavy atom. The van der Waals surface area contributed by atoms with Gasteiger partial charge in [0.1, 0.15) is 5.69 Å². The molecule has 1 aromatic rings. The number of benzene rings is 1. The summed E-state index contributed by atoms with van der Waals surface area (Å²) in [5.41, 5.74) is -0.271. The quantitative estimate of drug-likeness (QED) is 0.453. The molecule has 9 nitrogen and oxygen atoms in total. The molecule has 2 atom stereocenters. The van der Waals surface area contributed by atoms with E-state index in [1.807, 2.05) is 0 Å². The zero-order chi connectivity index (χ0) is 18.6. The van der Waals surface area contributed by atoms with Gasteiger partial charge in [0.15, 0.2) is 15.9 Å². The second kappa shape index (κ2) is 7.60. The number of nitro groups is 1. The Hall–Kier alpha value is -2.49. The molecule has 1 saturated heterocycles. The van der Waals surface area contributed by atoms with Gasteiger partial charge < -0.3 is 10.1 Å². The normalized spacial score (nSPS) is 19.8. The van der Waals surface area contributed by atoms with E-state index in [2.05, 4.69) is 5.32 Å². The number of nitrogens with zero attached hydrogens (tertiary/aromatic N) is 1. The summed E-state index contributed by atoms with van der Waals surface area (Å²) in [5, 5.41) is 13.3. The highest BCUT2D eigenvalue weighted by molar-refractivity contribution is 7.91. The summed E-state index contributed by atoms with van der Waals surface area (Å²) >= 11 is 0. The summed E-state index contributed by atoms with van der Waals surface area (Å²) < 4.78 is 27.7. The second-order valence-corrected chi connectivity index (χ2v) is 8.10. The fraction of sp³-hybridized carbons (Fsp3) is 0.467. The van der Waals surface area contributed by atoms with Crippen LogP contribution in [0, 0.1) is 16.0 Å². The molecular weight excluding hydrogens is 352 g/mol. The van der Waals surface area contributed by atoms with Gasteiger partial charge in [0.25, 0.3) is 11.6 Å². The van der Waals surface area contributed by atoms with Crippen LogP contribution in [0.1, 0.15) is 19.8 Å². The third-order valence-corrected chi connectivity index (χ3v) is 5.66. The van der Waals surface area contributed by atoms with E-state index >= 15 is 0 Å². The van der Waals surface area contributed by atoms with E-state index in [-0.39, 0.29) is 35.2 Å². The highest BCUT2D eigenvalue weighted by Crippen LogP contribution is 2.24. The van der Waals surface area contributed by atoms with Gasteiger partial charge in [0, 0.05) is 12.5 Å². The topological polar surface area (TPSA) is 133 Å². The van der Waals surface area contributed by atoms with Gasteiger partial charge in [-0.05, 0) is 25.3 Å². The van der Waals surface area contributed by atoms with Crippen LogP contribution in [0.15, 0.2) is 24.3 Å². The van der Waals surface area contributed by atoms with Gasteiger partial charge in [-0.2, -0.15) is 0 Å². The number of rotatable bonds is 6. The van der Waals surface area contributed by atoms with Gasteiger partial charge in [-0.3, -0.25) is 19.7 Å². The third-order valence-electron chi connectivity index (χ3n) is 3.82. The van der Waals surface area contributed by atoms with Gasteiger partial charge in [0.05, 0.1) is 16.4 Å². The number of hydrogen-bond acceptors (Lipinski definition) is 7. The number of para-hydroxylation sites is 2. The Balaban J connectivity index is 1.90. The molecule has 1 fully saturated rings. The molecule has 0 bridgehead atoms. The first kappa shape index (κ1) is 18.8. The van der Waals surface area contributed by atoms with Gasteiger partial charge in [-0.15, -0.1) is 0 Å². The molecule has 2 rings (SSSR count). The van der Waals surface area contributed by atoms with Crippen molar-refractivity contribution in [3.8, 4) is 0 Å². The van der Waals surface area contributed by atoms with Crippen LogP contribution in [0.3, 0.4) is 0 Å². The van der Waals surface area contributed by atoms with Gasteiger partial charge >= 0.3 is 5.97 Å². The summed E-state index contributed by atoms with van der Waals surface area (Å²) in [6.07, 6.45) is -0.846. The highest BCUT2D eigenvalue weighted by Gasteiger charge is 2.31. The van der Waals surface area contributed by atoms with Crippen molar-refractivity contribution in [2.45, 2.75) is 25.9 Å². The van der Waals surface area contributed by atoms with E-state index in [1.54, 1.807) is 0 Å². The molecule has 1 N–H and O–H groups in total. The van der Waals surface area contributed by atoms with Crippen molar-refractivity contribution < 1.29 is 27.7 Å². The summed E-state index contributed by atoms with van der Waals surface area (Å²) in [5.74, 6) is -1.69. The number of esters is 1. The summed E-state index contributed by atoms with van der Waals surface area (Å²) in [4.78, 5) is 34.2. The molecule has 0 unspecified atom stereocenters. The molecule has 1 aliphatic rings. The molecule has 0 spiro atoms. The van der Waals surface area contributed by atoms with Crippen LogP contribution in [0.4, 0.5) is 11.4 Å². The summed E-state index contributed by atoms with van der Waals surface area (Å²) in [6, 6.07) is 5.60. The first-order valence-corrected chi connectivity index (χ1v) is 9.44. The minimum absolute atomic E-state index is 0.00212. The lowest BCUT2D eigenvalue weighted by Gasteiger charge is -2.14. The number of carbonyl (C=O) groups excluding carboxylic acids is 2. The molecule has 10 heteroatoms. The number of nitro benzene ring substituents is 1. The van der Waals surface area contributed by atoms with Crippen LogP contribution in [0.2, 0.25) is 0 Å². The van der Waals surface area contributed by atoms with E-state index < -0.39 is 32.7 Å². The monoisotopic (exact) mass is 370 g/mol. The Morgan fingerprint density at radius 3 is 2.68 bits per heavy atom. The Kier molecular flexibility index (Phi) is 5.73. The van der Waals surface area contributed by atoms with Crippen LogP contribution in [-0.2, 0) is 24.2 Å². The zero-order valence-corrected chi connectivity index (χ0v) is 14.3. The fourth-order valence-electron chi connectivity index (χ4n) is 2.54. The van der Waals surface area contributed by atoms with Crippen molar-refractivity contribution in [1.29, 1.82) is 0 Å². The molecule has 1 heterocycles. The number of hydrogen-bond donors (Lipinski definition) is 1. The Morgan fingerprint density at radius 2 is 2.08 bits per heavy atom. The lowest BCUT2D eigenvalue weighted by molar-refractivity contribution is -0.383. The molecule has 0 radical (unpaired) electrons. The van der Waals surface area contributed by atoms with E-state index in [0.29, 0.717) is 6.42 Å². The van der Waals surface area contributed by atoms with E-state index in [9.17, 15) is 28.1 Å². The minimum Gasteiger partial charge on any atom is -0.453 e. The number of amides is 1. The third kappa shape index (κ3) is 5.24. The number of anilines is 1. The maximum Gasteiger partial charge on any atom is 0.306 e. The first-order valence-electron chi connectivity index (χ1n) is 7.62. The van der Waals surface area contributed by atoms with Crippen molar-refractivity contribution in [2.75, 3.05) is 16.8 Å². The number of nitrogens with one attached hydrogen (secondary N) is 1. The van der Waals surface area contributed by atoms with Gasteiger partial charge in [-0.25, -0.2) is 8.42 Å². The molecular formula is C15H18N2O7S. The fourth-order valence-corrected chi connectivity index (χ4v) is 4.40. The average molecular weight is 370 g/mol. The molecule has 0 saturated carbocycles. The van der Waals surface area contributed by atoms with Crippen molar-refractivity contribution in [3.05, 3.63) is 34.4 Å². The smallest absolute Gasteiger partial charge is 0.306 e. The SMILES string of the molecule is C[C@@H](OC(=O)C[C@H]1CCS(=O)(=O)C1)C(=O)Nc1ccccc1[N+](=O)[O-]. The minimum atomic E-state index is -3.09. The number of sulfone groups is 1. The molecule has 25 heavy (non-hydrogen) atoms. The average Bonchev–Trinajstić information content (AvgIpc) is 2.86. The van der Waals surface area contributed by atoms with Crippen LogP contribution >= 0.6 is 0 Å². The maximum absolute atomic E-state index is 12.1. The molecule has 1 aromatic carbocycles. The van der Waals surface area contributed by atoms with Crippen LogP contribution < -0.4 is 5.32 Å². The predicted octanol–water partition coefficient (Wildman–Crippen LogP) is 1.29. The highest BCUT2D eigenvalue weighted by atomic mass is 32.2. The van der Waals surface area contributed by atoms with E-state index in [0.717, 1.165) is 0 Å². The van der Waals surface area contributed by atoms with Crippen molar-refractivity contribution >= 4 is 33.1 Å². The molecule has 1 amide bonds. The number of ether oxygens (including phenoxy) is 1.